The molecule has 2 aromatic carbocycles. The third-order valence-electron chi connectivity index (χ3n) is 5.02. The molecule has 5 nitrogen and oxygen atoms in total. The quantitative estimate of drug-likeness (QED) is 0.413. The highest BCUT2D eigenvalue weighted by atomic mass is 32.1. The third kappa shape index (κ3) is 2.45. The molecule has 0 amide bonds. The number of hydrogen-bond acceptors (Lipinski definition) is 4. The van der Waals surface area contributed by atoms with E-state index in [1.165, 1.54) is 0 Å². The molecule has 2 aliphatic heterocycles. The molecule has 0 saturated heterocycles. The van der Waals surface area contributed by atoms with Crippen molar-refractivity contribution in [2.24, 2.45) is 15.8 Å². The van der Waals surface area contributed by atoms with Crippen molar-refractivity contribution in [2.75, 3.05) is 6.54 Å². The first kappa shape index (κ1) is 17.0. The maximum Gasteiger partial charge on any atom is 0.264 e. The highest BCUT2D eigenvalue weighted by molar-refractivity contribution is 7.80. The summed E-state index contributed by atoms with van der Waals surface area (Å²) in [5.41, 5.74) is 2.80. The van der Waals surface area contributed by atoms with Gasteiger partial charge in [-0.3, -0.25) is 4.99 Å². The molecule has 0 aliphatic carbocycles. The Kier molecular flexibility index (Phi) is 3.77. The van der Waals surface area contributed by atoms with Crippen LogP contribution in [0.1, 0.15) is 5.56 Å². The number of nitrogens with two attached hydrogens (primary N) is 1. The average molecular weight is 388 g/mol. The first-order valence-corrected chi connectivity index (χ1v) is 9.16. The Morgan fingerprint density at radius 1 is 1.04 bits per heavy atom. The molecule has 1 atom stereocenters. The van der Waals surface area contributed by atoms with Gasteiger partial charge in [-0.2, -0.15) is 15.4 Å². The monoisotopic (exact) mass is 388 g/mol. The summed E-state index contributed by atoms with van der Waals surface area (Å²) >= 11 is 5.33. The number of hydrogen-bond donors (Lipinski definition) is 1. The lowest BCUT2D eigenvalue weighted by Gasteiger charge is -2.28. The number of pyridine rings is 1. The molecule has 3 aromatic rings. The first-order valence-electron chi connectivity index (χ1n) is 8.75. The molecule has 136 valence electrons. The number of aromatic nitrogens is 1. The standard InChI is InChI=1S/C21H15FN5S/c22-18-15(20-26-21(28)17-12-24-10-11-27(17,20)23)8-6-14-7-9-16(25-19(14)18)13-4-2-1-3-5-13/h1-10,12H,11,23H2/q+1. The van der Waals surface area contributed by atoms with Crippen LogP contribution in [-0.2, 0) is 0 Å². The molecular weight excluding hydrogens is 373 g/mol. The smallest absolute Gasteiger partial charge is 0.257 e. The van der Waals surface area contributed by atoms with Crippen LogP contribution in [0.2, 0.25) is 0 Å². The van der Waals surface area contributed by atoms with Gasteiger partial charge in [0.1, 0.15) is 12.1 Å². The van der Waals surface area contributed by atoms with E-state index in [0.29, 0.717) is 39.7 Å². The molecule has 1 unspecified atom stereocenters. The number of nitrogens with zero attached hydrogens (tertiary/aromatic N) is 4. The van der Waals surface area contributed by atoms with E-state index in [1.807, 2.05) is 48.5 Å². The van der Waals surface area contributed by atoms with E-state index < -0.39 is 5.82 Å². The van der Waals surface area contributed by atoms with Crippen LogP contribution in [-0.4, -0.2) is 33.2 Å². The molecular formula is C21H15FN5S+. The second-order valence-electron chi connectivity index (χ2n) is 6.70. The second-order valence-corrected chi connectivity index (χ2v) is 7.09. The van der Waals surface area contributed by atoms with Gasteiger partial charge in [0, 0.05) is 10.9 Å². The fraction of sp³-hybridized carbons (Fsp3) is 0.0476. The van der Waals surface area contributed by atoms with Gasteiger partial charge in [-0.1, -0.05) is 54.7 Å². The number of fused-ring (bicyclic) bond motifs is 2. The number of halogens is 1. The average Bonchev–Trinajstić information content (AvgIpc) is 2.99. The minimum absolute atomic E-state index is 0.177. The van der Waals surface area contributed by atoms with Gasteiger partial charge in [-0.25, -0.2) is 9.37 Å². The highest BCUT2D eigenvalue weighted by Crippen LogP contribution is 2.32. The van der Waals surface area contributed by atoms with Crippen LogP contribution < -0.4 is 5.84 Å². The zero-order valence-electron chi connectivity index (χ0n) is 14.7. The van der Waals surface area contributed by atoms with E-state index in [2.05, 4.69) is 15.0 Å². The van der Waals surface area contributed by atoms with Crippen molar-refractivity contribution < 1.29 is 8.98 Å². The highest BCUT2D eigenvalue weighted by Gasteiger charge is 2.47. The lowest BCUT2D eigenvalue weighted by Crippen LogP contribution is -2.58. The minimum atomic E-state index is -0.455. The van der Waals surface area contributed by atoms with E-state index in [-0.39, 0.29) is 10.1 Å². The van der Waals surface area contributed by atoms with Crippen molar-refractivity contribution >= 4 is 40.2 Å². The molecule has 5 rings (SSSR count). The van der Waals surface area contributed by atoms with E-state index in [4.69, 9.17) is 18.1 Å². The molecule has 2 aliphatic rings. The number of quaternary nitrogens is 1. The van der Waals surface area contributed by atoms with Crippen LogP contribution in [0.5, 0.6) is 0 Å². The fourth-order valence-corrected chi connectivity index (χ4v) is 3.84. The molecule has 0 bridgehead atoms. The van der Waals surface area contributed by atoms with Crippen LogP contribution >= 0.6 is 12.2 Å². The van der Waals surface area contributed by atoms with Crippen LogP contribution in [0.4, 0.5) is 4.39 Å². The maximum atomic E-state index is 15.6. The van der Waals surface area contributed by atoms with Crippen molar-refractivity contribution in [3.05, 3.63) is 77.9 Å². The van der Waals surface area contributed by atoms with E-state index in [0.717, 1.165) is 5.56 Å². The molecule has 0 fully saturated rings. The maximum absolute atomic E-state index is 15.6. The molecule has 3 heterocycles. The summed E-state index contributed by atoms with van der Waals surface area (Å²) in [4.78, 5) is 13.4. The zero-order valence-corrected chi connectivity index (χ0v) is 15.5. The summed E-state index contributed by atoms with van der Waals surface area (Å²) in [6, 6.07) is 16.9. The summed E-state index contributed by atoms with van der Waals surface area (Å²) in [7, 11) is 0. The largest absolute Gasteiger partial charge is 0.264 e. The molecule has 0 saturated carbocycles. The summed E-state index contributed by atoms with van der Waals surface area (Å²) in [6.45, 7) is 0.361. The van der Waals surface area contributed by atoms with E-state index >= 15 is 4.39 Å². The zero-order chi connectivity index (χ0) is 19.3. The number of thiocarbonyl (C=S) groups is 1. The topological polar surface area (TPSA) is 63.6 Å². The van der Waals surface area contributed by atoms with Crippen LogP contribution in [0, 0.1) is 5.82 Å². The van der Waals surface area contributed by atoms with Gasteiger partial charge in [0.05, 0.1) is 23.7 Å². The number of aliphatic imine (C=N–C) groups is 2. The SMILES string of the molecule is N[N+]12CC=NC=C1C(=S)N=C2c1ccc2ccc(-c3ccccc3)nc2c1F. The lowest BCUT2D eigenvalue weighted by molar-refractivity contribution is -0.795. The Morgan fingerprint density at radius 2 is 1.82 bits per heavy atom. The second kappa shape index (κ2) is 6.20. The van der Waals surface area contributed by atoms with Crippen molar-refractivity contribution in [3.8, 4) is 11.3 Å². The van der Waals surface area contributed by atoms with Crippen LogP contribution in [0.3, 0.4) is 0 Å². The minimum Gasteiger partial charge on any atom is -0.257 e. The third-order valence-corrected chi connectivity index (χ3v) is 5.32. The van der Waals surface area contributed by atoms with Crippen molar-refractivity contribution in [3.63, 3.8) is 0 Å². The molecule has 1 aromatic heterocycles. The van der Waals surface area contributed by atoms with E-state index in [1.54, 1.807) is 18.5 Å². The fourth-order valence-electron chi connectivity index (χ4n) is 3.54. The molecule has 0 spiro atoms. The van der Waals surface area contributed by atoms with Crippen molar-refractivity contribution in [2.45, 2.75) is 0 Å². The molecule has 0 radical (unpaired) electrons. The normalized spacial score (nSPS) is 20.9. The Morgan fingerprint density at radius 3 is 2.64 bits per heavy atom. The Balaban J connectivity index is 1.68. The summed E-state index contributed by atoms with van der Waals surface area (Å²) in [5, 5.41) is 0.710. The summed E-state index contributed by atoms with van der Waals surface area (Å²) in [6.07, 6.45) is 3.27. The van der Waals surface area contributed by atoms with Gasteiger partial charge in [0.25, 0.3) is 5.84 Å². The van der Waals surface area contributed by atoms with Gasteiger partial charge in [-0.05, 0) is 12.1 Å². The molecule has 2 N–H and O–H groups in total. The van der Waals surface area contributed by atoms with Gasteiger partial charge in [-0.15, -0.1) is 0 Å². The Bertz CT molecular complexity index is 1230. The molecule has 28 heavy (non-hydrogen) atoms. The predicted octanol–water partition coefficient (Wildman–Crippen LogP) is 3.74. The Hall–Kier alpha value is -3.13. The first-order chi connectivity index (χ1) is 13.6. The molecule has 7 heteroatoms. The summed E-state index contributed by atoms with van der Waals surface area (Å²) in [5.74, 6) is 6.45. The van der Waals surface area contributed by atoms with Gasteiger partial charge in [0.15, 0.2) is 10.8 Å². The van der Waals surface area contributed by atoms with Gasteiger partial charge in [0.2, 0.25) is 5.70 Å². The number of rotatable bonds is 2. The number of amidine groups is 1. The predicted molar refractivity (Wildman–Crippen MR) is 112 cm³/mol. The summed E-state index contributed by atoms with van der Waals surface area (Å²) < 4.78 is 15.4. The number of benzene rings is 2. The van der Waals surface area contributed by atoms with Crippen molar-refractivity contribution in [1.82, 2.24) is 4.98 Å². The van der Waals surface area contributed by atoms with Crippen LogP contribution in [0.25, 0.3) is 22.2 Å². The van der Waals surface area contributed by atoms with Crippen LogP contribution in [0.15, 0.2) is 76.5 Å². The van der Waals surface area contributed by atoms with Gasteiger partial charge < -0.3 is 0 Å². The van der Waals surface area contributed by atoms with Crippen molar-refractivity contribution in [1.29, 1.82) is 0 Å². The van der Waals surface area contributed by atoms with Gasteiger partial charge >= 0.3 is 0 Å². The Labute approximate surface area is 165 Å². The lowest BCUT2D eigenvalue weighted by atomic mass is 10.1. The van der Waals surface area contributed by atoms with E-state index in [9.17, 15) is 0 Å².